The molecule has 0 bridgehead atoms. The van der Waals surface area contributed by atoms with Gasteiger partial charge in [-0.25, -0.2) is 0 Å². The lowest BCUT2D eigenvalue weighted by Crippen LogP contribution is -2.19. The van der Waals surface area contributed by atoms with Crippen molar-refractivity contribution in [2.75, 3.05) is 0 Å². The van der Waals surface area contributed by atoms with Gasteiger partial charge in [0.1, 0.15) is 0 Å². The predicted octanol–water partition coefficient (Wildman–Crippen LogP) is 9.04. The summed E-state index contributed by atoms with van der Waals surface area (Å²) in [5.41, 5.74) is 13.9. The van der Waals surface area contributed by atoms with Crippen LogP contribution in [0.1, 0.15) is 107 Å². The van der Waals surface area contributed by atoms with Crippen LogP contribution in [0.2, 0.25) is 0 Å². The first-order valence-electron chi connectivity index (χ1n) is 16.8. The van der Waals surface area contributed by atoms with Crippen LogP contribution in [0.3, 0.4) is 0 Å². The van der Waals surface area contributed by atoms with Crippen LogP contribution in [-0.4, -0.2) is 23.1 Å². The Kier molecular flexibility index (Phi) is 5.66. The molecule has 0 heterocycles. The zero-order chi connectivity index (χ0) is 34.4. The summed E-state index contributed by atoms with van der Waals surface area (Å²) in [7, 11) is 0. The van der Waals surface area contributed by atoms with E-state index in [1.165, 1.54) is 33.4 Å². The topological polar surface area (TPSA) is 68.3 Å². The van der Waals surface area contributed by atoms with Crippen LogP contribution in [0.5, 0.6) is 0 Å². The zero-order valence-corrected chi connectivity index (χ0v) is 28.4. The fourth-order valence-electron chi connectivity index (χ4n) is 8.79. The summed E-state index contributed by atoms with van der Waals surface area (Å²) in [6, 6.07) is 23.8. The molecule has 4 aromatic carbocycles. The Bertz CT molecular complexity index is 2300. The summed E-state index contributed by atoms with van der Waals surface area (Å²) in [4.78, 5) is 51.7. The molecule has 0 atom stereocenters. The maximum atomic E-state index is 13.1. The minimum atomic E-state index is -0.445. The molecule has 49 heavy (non-hydrogen) atoms. The van der Waals surface area contributed by atoms with Gasteiger partial charge in [0.2, 0.25) is 23.1 Å². The van der Waals surface area contributed by atoms with Gasteiger partial charge in [-0.05, 0) is 103 Å². The molecule has 5 aliphatic rings. The van der Waals surface area contributed by atoms with Gasteiger partial charge in [0.25, 0.3) is 0 Å². The van der Waals surface area contributed by atoms with Crippen LogP contribution in [-0.2, 0) is 25.8 Å². The van der Waals surface area contributed by atoms with Gasteiger partial charge < -0.3 is 0 Å². The van der Waals surface area contributed by atoms with Gasteiger partial charge in [-0.3, -0.25) is 19.2 Å². The summed E-state index contributed by atoms with van der Waals surface area (Å²) >= 11 is 0. The average molecular weight is 639 g/mol. The van der Waals surface area contributed by atoms with Crippen molar-refractivity contribution in [1.82, 2.24) is 0 Å². The van der Waals surface area contributed by atoms with Crippen molar-refractivity contribution < 1.29 is 19.2 Å². The highest BCUT2D eigenvalue weighted by Crippen LogP contribution is 2.56. The van der Waals surface area contributed by atoms with Gasteiger partial charge in [-0.2, -0.15) is 0 Å². The minimum Gasteiger partial charge on any atom is -0.285 e. The van der Waals surface area contributed by atoms with Crippen molar-refractivity contribution in [2.45, 2.75) is 57.8 Å². The lowest BCUT2D eigenvalue weighted by Gasteiger charge is -2.26. The van der Waals surface area contributed by atoms with Gasteiger partial charge >= 0.3 is 0 Å². The van der Waals surface area contributed by atoms with Crippen LogP contribution >= 0.6 is 0 Å². The molecule has 0 unspecified atom stereocenters. The molecule has 0 fully saturated rings. The maximum absolute atomic E-state index is 13.1. The average Bonchev–Trinajstić information content (AvgIpc) is 3.73. The van der Waals surface area contributed by atoms with Crippen molar-refractivity contribution in [2.24, 2.45) is 0 Å². The van der Waals surface area contributed by atoms with Crippen molar-refractivity contribution in [3.8, 4) is 11.1 Å². The van der Waals surface area contributed by atoms with E-state index in [1.54, 1.807) is 24.3 Å². The summed E-state index contributed by atoms with van der Waals surface area (Å²) in [6.45, 7) is 13.3. The fourth-order valence-corrected chi connectivity index (χ4v) is 8.79. The Labute approximate surface area is 285 Å². The number of carbonyl (C=O) groups excluding carboxylic acids is 4. The highest BCUT2D eigenvalue weighted by atomic mass is 16.2. The molecule has 0 saturated heterocycles. The van der Waals surface area contributed by atoms with Gasteiger partial charge in [0, 0.05) is 38.5 Å². The molecule has 4 aromatic rings. The van der Waals surface area contributed by atoms with Crippen molar-refractivity contribution in [3.05, 3.63) is 152 Å². The quantitative estimate of drug-likeness (QED) is 0.162. The molecule has 0 saturated carbocycles. The van der Waals surface area contributed by atoms with E-state index in [0.29, 0.717) is 33.4 Å². The molecule has 4 heteroatoms. The number of rotatable bonds is 2. The first kappa shape index (κ1) is 29.6. The molecular weight excluding hydrogens is 604 g/mol. The summed E-state index contributed by atoms with van der Waals surface area (Å²) in [5.74, 6) is -1.77. The molecule has 0 N–H and O–H groups in total. The highest BCUT2D eigenvalue weighted by Gasteiger charge is 2.44. The minimum absolute atomic E-state index is 0.257. The fraction of sp³-hybridized carbons (Fsp3) is 0.200. The smallest absolute Gasteiger partial charge is 0.234 e. The standard InChI is InChI=1S/C45H34O4/c1-43(2)25(19-33-27-11-7-9-13-29(27)39(46)41(33)48)15-23-17-37-31(21-35(23)43)32-22-36-24(18-38(32)45(37,5)6)16-26(44(36,3)4)20-34-28-12-8-10-14-30(28)40(47)42(34)49/h7-22H,1-6H3/b33-19-,34-20-. The van der Waals surface area contributed by atoms with E-state index in [1.807, 2.05) is 36.4 Å². The van der Waals surface area contributed by atoms with Crippen LogP contribution in [0, 0.1) is 0 Å². The van der Waals surface area contributed by atoms with E-state index in [9.17, 15) is 19.2 Å². The molecular formula is C45H34O4. The van der Waals surface area contributed by atoms with Crippen LogP contribution < -0.4 is 0 Å². The molecule has 9 rings (SSSR count). The number of hydrogen-bond donors (Lipinski definition) is 0. The number of ketones is 4. The second-order valence-electron chi connectivity index (χ2n) is 15.6. The lowest BCUT2D eigenvalue weighted by molar-refractivity contribution is -0.110. The molecule has 4 nitrogen and oxygen atoms in total. The van der Waals surface area contributed by atoms with Gasteiger partial charge in [0.15, 0.2) is 0 Å². The number of Topliss-reactive ketones (excluding diaryl/α,β-unsaturated/α-hetero) is 4. The Morgan fingerprint density at radius 3 is 1.16 bits per heavy atom. The first-order chi connectivity index (χ1) is 23.2. The summed E-state index contributed by atoms with van der Waals surface area (Å²) in [5, 5.41) is 0. The Balaban J connectivity index is 1.13. The predicted molar refractivity (Wildman–Crippen MR) is 194 cm³/mol. The number of allylic oxidation sites excluding steroid dienone is 6. The maximum Gasteiger partial charge on any atom is 0.234 e. The third-order valence-electron chi connectivity index (χ3n) is 11.9. The molecule has 5 aliphatic carbocycles. The molecule has 0 aliphatic heterocycles. The van der Waals surface area contributed by atoms with Gasteiger partial charge in [-0.15, -0.1) is 0 Å². The number of fused-ring (bicyclic) bond motifs is 7. The SMILES string of the molecule is CC1(C)C(/C=C2\C(=O)C(=O)c3ccccc32)=Cc2cc3c(cc21)-c1cc2c(cc1C3(C)C)C=C(/C=C1\C(=O)C(=O)c3ccccc31)C2(C)C. The normalized spacial score (nSPS) is 21.4. The van der Waals surface area contributed by atoms with E-state index in [4.69, 9.17) is 0 Å². The zero-order valence-electron chi connectivity index (χ0n) is 28.4. The van der Waals surface area contributed by atoms with E-state index in [2.05, 4.69) is 78.0 Å². The molecule has 238 valence electrons. The Morgan fingerprint density at radius 2 is 0.776 bits per heavy atom. The second-order valence-corrected chi connectivity index (χ2v) is 15.6. The first-order valence-corrected chi connectivity index (χ1v) is 16.8. The molecule has 0 radical (unpaired) electrons. The molecule has 0 spiro atoms. The number of carbonyl (C=O) groups is 4. The second kappa shape index (κ2) is 9.35. The van der Waals surface area contributed by atoms with E-state index in [-0.39, 0.29) is 16.2 Å². The number of benzene rings is 4. The monoisotopic (exact) mass is 638 g/mol. The van der Waals surface area contributed by atoms with Gasteiger partial charge in [0.05, 0.1) is 0 Å². The summed E-state index contributed by atoms with van der Waals surface area (Å²) < 4.78 is 0. The summed E-state index contributed by atoms with van der Waals surface area (Å²) in [6.07, 6.45) is 8.21. The third-order valence-corrected chi connectivity index (χ3v) is 11.9. The lowest BCUT2D eigenvalue weighted by atomic mass is 9.77. The van der Waals surface area contributed by atoms with Crippen LogP contribution in [0.4, 0.5) is 0 Å². The van der Waals surface area contributed by atoms with Crippen LogP contribution in [0.25, 0.3) is 34.4 Å². The van der Waals surface area contributed by atoms with E-state index >= 15 is 0 Å². The highest BCUT2D eigenvalue weighted by molar-refractivity contribution is 6.63. The largest absolute Gasteiger partial charge is 0.285 e. The van der Waals surface area contributed by atoms with Crippen molar-refractivity contribution in [3.63, 3.8) is 0 Å². The van der Waals surface area contributed by atoms with E-state index < -0.39 is 23.1 Å². The Morgan fingerprint density at radius 1 is 0.408 bits per heavy atom. The Hall–Kier alpha value is -5.48. The van der Waals surface area contributed by atoms with Crippen LogP contribution in [0.15, 0.2) is 96.1 Å². The van der Waals surface area contributed by atoms with E-state index in [0.717, 1.165) is 22.3 Å². The number of hydrogen-bond acceptors (Lipinski definition) is 4. The third kappa shape index (κ3) is 3.75. The molecule has 0 aromatic heterocycles. The molecule has 0 amide bonds. The van der Waals surface area contributed by atoms with Gasteiger partial charge in [-0.1, -0.05) is 102 Å². The van der Waals surface area contributed by atoms with Crippen molar-refractivity contribution >= 4 is 46.4 Å². The van der Waals surface area contributed by atoms with Crippen molar-refractivity contribution in [1.29, 1.82) is 0 Å².